The average Bonchev–Trinajstić information content (AvgIpc) is 2.85. The highest BCUT2D eigenvalue weighted by Gasteiger charge is 2.23. The summed E-state index contributed by atoms with van der Waals surface area (Å²) in [5.41, 5.74) is 0.657. The van der Waals surface area contributed by atoms with E-state index in [1.165, 1.54) is 24.0 Å². The summed E-state index contributed by atoms with van der Waals surface area (Å²) in [6.07, 6.45) is 0. The van der Waals surface area contributed by atoms with E-state index in [4.69, 9.17) is 16.7 Å². The topological polar surface area (TPSA) is 98.7 Å². The lowest BCUT2D eigenvalue weighted by atomic mass is 10.1. The summed E-state index contributed by atoms with van der Waals surface area (Å²) in [4.78, 5) is 35.9. The van der Waals surface area contributed by atoms with Crippen molar-refractivity contribution in [3.8, 4) is 0 Å². The van der Waals surface area contributed by atoms with Crippen molar-refractivity contribution in [2.45, 2.75) is 13.0 Å². The van der Waals surface area contributed by atoms with E-state index < -0.39 is 17.9 Å². The van der Waals surface area contributed by atoms with E-state index in [1.807, 2.05) is 0 Å². The molecule has 1 aliphatic heterocycles. The van der Waals surface area contributed by atoms with Gasteiger partial charge >= 0.3 is 12.0 Å². The monoisotopic (exact) mass is 311 g/mol. The van der Waals surface area contributed by atoms with Crippen LogP contribution >= 0.6 is 11.6 Å². The Morgan fingerprint density at radius 2 is 2.19 bits per heavy atom. The molecule has 0 saturated carbocycles. The van der Waals surface area contributed by atoms with Crippen LogP contribution in [-0.2, 0) is 4.79 Å². The predicted octanol–water partition coefficient (Wildman–Crippen LogP) is 1.07. The number of aliphatic carboxylic acids is 1. The molecule has 112 valence electrons. The minimum Gasteiger partial charge on any atom is -0.480 e. The van der Waals surface area contributed by atoms with Crippen LogP contribution in [-0.4, -0.2) is 42.1 Å². The minimum atomic E-state index is -1.14. The van der Waals surface area contributed by atoms with Crippen LogP contribution in [0.25, 0.3) is 0 Å². The van der Waals surface area contributed by atoms with Gasteiger partial charge in [0.1, 0.15) is 6.04 Å². The zero-order valence-corrected chi connectivity index (χ0v) is 12.0. The number of carbonyl (C=O) groups excluding carboxylic acids is 2. The van der Waals surface area contributed by atoms with Gasteiger partial charge in [0, 0.05) is 18.8 Å². The maximum absolute atomic E-state index is 12.1. The molecule has 0 aromatic heterocycles. The number of urea groups is 1. The number of carboxylic acids is 1. The number of rotatable bonds is 4. The number of nitrogens with zero attached hydrogens (tertiary/aromatic N) is 1. The fourth-order valence-corrected chi connectivity index (χ4v) is 2.11. The maximum atomic E-state index is 12.1. The van der Waals surface area contributed by atoms with Gasteiger partial charge < -0.3 is 15.7 Å². The third-order valence-electron chi connectivity index (χ3n) is 3.08. The Hall–Kier alpha value is -2.28. The number of hydrogen-bond acceptors (Lipinski definition) is 3. The van der Waals surface area contributed by atoms with Crippen molar-refractivity contribution < 1.29 is 19.5 Å². The third kappa shape index (κ3) is 3.25. The molecule has 0 unspecified atom stereocenters. The number of halogens is 1. The SMILES string of the molecule is C[C@H](NC(=O)c1cc(N2CCNC2=O)ccc1Cl)C(=O)O. The van der Waals surface area contributed by atoms with Crippen LogP contribution in [0.15, 0.2) is 18.2 Å². The molecule has 1 saturated heterocycles. The van der Waals surface area contributed by atoms with Crippen LogP contribution in [0.5, 0.6) is 0 Å². The molecule has 1 atom stereocenters. The number of carbonyl (C=O) groups is 3. The van der Waals surface area contributed by atoms with Crippen molar-refractivity contribution in [2.75, 3.05) is 18.0 Å². The van der Waals surface area contributed by atoms with Crippen LogP contribution in [0.1, 0.15) is 17.3 Å². The Labute approximate surface area is 125 Å². The van der Waals surface area contributed by atoms with Crippen molar-refractivity contribution in [1.82, 2.24) is 10.6 Å². The van der Waals surface area contributed by atoms with Gasteiger partial charge in [0.05, 0.1) is 10.6 Å². The van der Waals surface area contributed by atoms with E-state index in [2.05, 4.69) is 10.6 Å². The van der Waals surface area contributed by atoms with Crippen LogP contribution in [0, 0.1) is 0 Å². The van der Waals surface area contributed by atoms with Gasteiger partial charge in [-0.05, 0) is 25.1 Å². The molecule has 0 bridgehead atoms. The van der Waals surface area contributed by atoms with Crippen LogP contribution in [0.3, 0.4) is 0 Å². The summed E-state index contributed by atoms with van der Waals surface area (Å²) in [6.45, 7) is 2.37. The highest BCUT2D eigenvalue weighted by Crippen LogP contribution is 2.24. The normalized spacial score (nSPS) is 15.5. The highest BCUT2D eigenvalue weighted by molar-refractivity contribution is 6.34. The van der Waals surface area contributed by atoms with Crippen LogP contribution in [0.2, 0.25) is 5.02 Å². The number of carboxylic acid groups (broad SMARTS) is 1. The Morgan fingerprint density at radius 3 is 2.76 bits per heavy atom. The molecule has 3 N–H and O–H groups in total. The van der Waals surface area contributed by atoms with Crippen molar-refractivity contribution in [3.63, 3.8) is 0 Å². The van der Waals surface area contributed by atoms with Gasteiger partial charge in [-0.15, -0.1) is 0 Å². The fraction of sp³-hybridized carbons (Fsp3) is 0.308. The molecular formula is C13H14ClN3O4. The first kappa shape index (κ1) is 15.1. The third-order valence-corrected chi connectivity index (χ3v) is 3.41. The Balaban J connectivity index is 2.25. The van der Waals surface area contributed by atoms with E-state index >= 15 is 0 Å². The second-order valence-electron chi connectivity index (χ2n) is 4.58. The zero-order valence-electron chi connectivity index (χ0n) is 11.2. The van der Waals surface area contributed by atoms with Gasteiger partial charge in [0.15, 0.2) is 0 Å². The van der Waals surface area contributed by atoms with Gasteiger partial charge in [-0.1, -0.05) is 11.6 Å². The van der Waals surface area contributed by atoms with E-state index in [0.717, 1.165) is 0 Å². The molecule has 1 aromatic carbocycles. The molecule has 7 nitrogen and oxygen atoms in total. The summed E-state index contributed by atoms with van der Waals surface area (Å²) in [5.74, 6) is -1.74. The predicted molar refractivity (Wildman–Crippen MR) is 76.8 cm³/mol. The molecule has 0 spiro atoms. The van der Waals surface area contributed by atoms with Crippen molar-refractivity contribution in [3.05, 3.63) is 28.8 Å². The summed E-state index contributed by atoms with van der Waals surface area (Å²) >= 11 is 5.97. The number of anilines is 1. The Morgan fingerprint density at radius 1 is 1.48 bits per heavy atom. The van der Waals surface area contributed by atoms with E-state index in [1.54, 1.807) is 6.07 Å². The van der Waals surface area contributed by atoms with Gasteiger partial charge in [0.25, 0.3) is 5.91 Å². The van der Waals surface area contributed by atoms with Gasteiger partial charge in [-0.3, -0.25) is 14.5 Å². The van der Waals surface area contributed by atoms with Crippen molar-refractivity contribution in [1.29, 1.82) is 0 Å². The molecule has 21 heavy (non-hydrogen) atoms. The van der Waals surface area contributed by atoms with Crippen LogP contribution < -0.4 is 15.5 Å². The molecule has 1 fully saturated rings. The average molecular weight is 312 g/mol. The maximum Gasteiger partial charge on any atom is 0.325 e. The first-order chi connectivity index (χ1) is 9.90. The number of hydrogen-bond donors (Lipinski definition) is 3. The molecule has 1 aliphatic rings. The molecule has 1 heterocycles. The standard InChI is InChI=1S/C13H14ClN3O4/c1-7(12(19)20)16-11(18)9-6-8(2-3-10(9)14)17-5-4-15-13(17)21/h2-3,6-7H,4-5H2,1H3,(H,15,21)(H,16,18)(H,19,20)/t7-/m0/s1. The largest absolute Gasteiger partial charge is 0.480 e. The molecule has 0 radical (unpaired) electrons. The van der Waals surface area contributed by atoms with Crippen LogP contribution in [0.4, 0.5) is 10.5 Å². The van der Waals surface area contributed by atoms with Gasteiger partial charge in [-0.2, -0.15) is 0 Å². The van der Waals surface area contributed by atoms with E-state index in [0.29, 0.717) is 18.8 Å². The lowest BCUT2D eigenvalue weighted by molar-refractivity contribution is -0.138. The second-order valence-corrected chi connectivity index (χ2v) is 4.99. The van der Waals surface area contributed by atoms with Crippen molar-refractivity contribution in [2.24, 2.45) is 0 Å². The lowest BCUT2D eigenvalue weighted by Crippen LogP contribution is -2.38. The minimum absolute atomic E-state index is 0.127. The fourth-order valence-electron chi connectivity index (χ4n) is 1.91. The molecule has 8 heteroatoms. The first-order valence-electron chi connectivity index (χ1n) is 6.28. The molecule has 0 aliphatic carbocycles. The number of amides is 3. The molecule has 2 rings (SSSR count). The second kappa shape index (κ2) is 6.01. The molecular weight excluding hydrogens is 298 g/mol. The summed E-state index contributed by atoms with van der Waals surface area (Å²) in [7, 11) is 0. The molecule has 3 amide bonds. The van der Waals surface area contributed by atoms with Gasteiger partial charge in [0.2, 0.25) is 0 Å². The quantitative estimate of drug-likeness (QED) is 0.774. The lowest BCUT2D eigenvalue weighted by Gasteiger charge is -2.16. The van der Waals surface area contributed by atoms with E-state index in [-0.39, 0.29) is 16.6 Å². The van der Waals surface area contributed by atoms with Crippen molar-refractivity contribution >= 4 is 35.2 Å². The number of nitrogens with one attached hydrogen (secondary N) is 2. The first-order valence-corrected chi connectivity index (χ1v) is 6.66. The van der Waals surface area contributed by atoms with E-state index in [9.17, 15) is 14.4 Å². The van der Waals surface area contributed by atoms with Gasteiger partial charge in [-0.25, -0.2) is 4.79 Å². The summed E-state index contributed by atoms with van der Waals surface area (Å²) in [5, 5.41) is 14.0. The molecule has 1 aromatic rings. The Kier molecular flexibility index (Phi) is 4.32. The smallest absolute Gasteiger partial charge is 0.325 e. The highest BCUT2D eigenvalue weighted by atomic mass is 35.5. The summed E-state index contributed by atoms with van der Waals surface area (Å²) < 4.78 is 0. The Bertz CT molecular complexity index is 605. The summed E-state index contributed by atoms with van der Waals surface area (Å²) in [6, 6.07) is 3.32. The number of benzene rings is 1. The zero-order chi connectivity index (χ0) is 15.6.